The molecule has 18 heavy (non-hydrogen) atoms. The monoisotopic (exact) mass is 269 g/mol. The van der Waals surface area contributed by atoms with Crippen molar-refractivity contribution >= 4 is 23.6 Å². The number of thioether (sulfide) groups is 1. The van der Waals surface area contributed by atoms with Gasteiger partial charge < -0.3 is 15.5 Å². The Morgan fingerprint density at radius 2 is 2.17 bits per heavy atom. The summed E-state index contributed by atoms with van der Waals surface area (Å²) >= 11 is 1.52. The number of hydrogen-bond donors (Lipinski definition) is 3. The average molecular weight is 269 g/mol. The highest BCUT2D eigenvalue weighted by Gasteiger charge is 2.20. The lowest BCUT2D eigenvalue weighted by Gasteiger charge is -2.13. The Kier molecular flexibility index (Phi) is 5.51. The van der Waals surface area contributed by atoms with Gasteiger partial charge in [0.05, 0.1) is 0 Å². The molecule has 0 aliphatic carbocycles. The predicted molar refractivity (Wildman–Crippen MR) is 70.0 cm³/mol. The molecule has 0 fully saturated rings. The number of amides is 1. The summed E-state index contributed by atoms with van der Waals surface area (Å²) in [4.78, 5) is 22.7. The Bertz CT molecular complexity index is 436. The lowest BCUT2D eigenvalue weighted by atomic mass is 10.1. The van der Waals surface area contributed by atoms with Crippen molar-refractivity contribution in [3.8, 4) is 5.75 Å². The van der Waals surface area contributed by atoms with Crippen LogP contribution in [0.15, 0.2) is 24.3 Å². The van der Waals surface area contributed by atoms with Gasteiger partial charge in [-0.3, -0.25) is 4.79 Å². The number of phenolic OH excluding ortho intramolecular Hbond substituents is 1. The summed E-state index contributed by atoms with van der Waals surface area (Å²) in [5, 5.41) is 20.7. The number of aromatic hydroxyl groups is 1. The van der Waals surface area contributed by atoms with E-state index < -0.39 is 17.9 Å². The first-order valence-electron chi connectivity index (χ1n) is 5.36. The fourth-order valence-corrected chi connectivity index (χ4v) is 1.85. The van der Waals surface area contributed by atoms with Gasteiger partial charge in [-0.1, -0.05) is 6.07 Å². The maximum atomic E-state index is 11.8. The number of carboxylic acid groups (broad SMARTS) is 1. The second-order valence-corrected chi connectivity index (χ2v) is 4.68. The van der Waals surface area contributed by atoms with Crippen LogP contribution < -0.4 is 5.32 Å². The molecule has 0 unspecified atom stereocenters. The number of carbonyl (C=O) groups is 2. The zero-order chi connectivity index (χ0) is 13.5. The predicted octanol–water partition coefficient (Wildman–Crippen LogP) is 1.33. The molecule has 3 N–H and O–H groups in total. The minimum absolute atomic E-state index is 0.0290. The fourth-order valence-electron chi connectivity index (χ4n) is 1.38. The Labute approximate surface area is 109 Å². The molecule has 1 aromatic carbocycles. The fraction of sp³-hybridized carbons (Fsp3) is 0.333. The van der Waals surface area contributed by atoms with Crippen molar-refractivity contribution < 1.29 is 19.8 Å². The molecule has 0 saturated heterocycles. The standard InChI is InChI=1S/C12H15NO4S/c1-18-6-5-10(12(16)17)13-11(15)8-3-2-4-9(14)7-8/h2-4,7,10,14H,5-6H2,1H3,(H,13,15)(H,16,17)/t10-/m1/s1. The van der Waals surface area contributed by atoms with E-state index in [2.05, 4.69) is 5.32 Å². The molecular weight excluding hydrogens is 254 g/mol. The topological polar surface area (TPSA) is 86.6 Å². The molecule has 6 heteroatoms. The second kappa shape index (κ2) is 6.90. The minimum Gasteiger partial charge on any atom is -0.508 e. The molecule has 0 bridgehead atoms. The van der Waals surface area contributed by atoms with Crippen molar-refractivity contribution in [3.05, 3.63) is 29.8 Å². The summed E-state index contributed by atoms with van der Waals surface area (Å²) in [6.07, 6.45) is 2.23. The highest BCUT2D eigenvalue weighted by molar-refractivity contribution is 7.98. The van der Waals surface area contributed by atoms with E-state index in [1.54, 1.807) is 0 Å². The van der Waals surface area contributed by atoms with Crippen LogP contribution in [0.2, 0.25) is 0 Å². The third kappa shape index (κ3) is 4.29. The van der Waals surface area contributed by atoms with Crippen LogP contribution in [0.5, 0.6) is 5.75 Å². The number of nitrogens with one attached hydrogen (secondary N) is 1. The van der Waals surface area contributed by atoms with Gasteiger partial charge in [0.1, 0.15) is 11.8 Å². The molecule has 0 heterocycles. The van der Waals surface area contributed by atoms with Crippen LogP contribution in [0.1, 0.15) is 16.8 Å². The van der Waals surface area contributed by atoms with E-state index in [1.165, 1.54) is 36.0 Å². The Morgan fingerprint density at radius 1 is 1.44 bits per heavy atom. The highest BCUT2D eigenvalue weighted by atomic mass is 32.2. The first-order chi connectivity index (χ1) is 8.54. The lowest BCUT2D eigenvalue weighted by molar-refractivity contribution is -0.139. The van der Waals surface area contributed by atoms with Gasteiger partial charge in [-0.2, -0.15) is 11.8 Å². The van der Waals surface area contributed by atoms with Gasteiger partial charge in [-0.15, -0.1) is 0 Å². The first-order valence-corrected chi connectivity index (χ1v) is 6.75. The molecular formula is C12H15NO4S. The third-order valence-corrected chi connectivity index (χ3v) is 2.97. The van der Waals surface area contributed by atoms with E-state index in [1.807, 2.05) is 6.26 Å². The number of benzene rings is 1. The van der Waals surface area contributed by atoms with Gasteiger partial charge in [0.2, 0.25) is 0 Å². The molecule has 0 aromatic heterocycles. The zero-order valence-corrected chi connectivity index (χ0v) is 10.7. The van der Waals surface area contributed by atoms with Crippen molar-refractivity contribution in [3.63, 3.8) is 0 Å². The number of rotatable bonds is 6. The summed E-state index contributed by atoms with van der Waals surface area (Å²) in [7, 11) is 0. The smallest absolute Gasteiger partial charge is 0.326 e. The average Bonchev–Trinajstić information content (AvgIpc) is 2.33. The maximum Gasteiger partial charge on any atom is 0.326 e. The quantitative estimate of drug-likeness (QED) is 0.725. The van der Waals surface area contributed by atoms with Crippen LogP contribution in [0.3, 0.4) is 0 Å². The van der Waals surface area contributed by atoms with Gasteiger partial charge in [-0.05, 0) is 36.6 Å². The van der Waals surface area contributed by atoms with Gasteiger partial charge >= 0.3 is 5.97 Å². The van der Waals surface area contributed by atoms with Crippen molar-refractivity contribution in [1.82, 2.24) is 5.32 Å². The molecule has 0 radical (unpaired) electrons. The maximum absolute atomic E-state index is 11.8. The van der Waals surface area contributed by atoms with Crippen LogP contribution >= 0.6 is 11.8 Å². The van der Waals surface area contributed by atoms with E-state index in [9.17, 15) is 14.7 Å². The molecule has 5 nitrogen and oxygen atoms in total. The third-order valence-electron chi connectivity index (χ3n) is 2.32. The number of aliphatic carboxylic acids is 1. The molecule has 1 atom stereocenters. The number of carboxylic acids is 1. The summed E-state index contributed by atoms with van der Waals surface area (Å²) in [5.74, 6) is -0.937. The molecule has 0 aliphatic heterocycles. The van der Waals surface area contributed by atoms with Crippen LogP contribution in [0.25, 0.3) is 0 Å². The van der Waals surface area contributed by atoms with E-state index >= 15 is 0 Å². The van der Waals surface area contributed by atoms with Gasteiger partial charge in [0.25, 0.3) is 5.91 Å². The normalized spacial score (nSPS) is 11.8. The first kappa shape index (κ1) is 14.4. The summed E-state index contributed by atoms with van der Waals surface area (Å²) < 4.78 is 0. The second-order valence-electron chi connectivity index (χ2n) is 3.70. The van der Waals surface area contributed by atoms with Crippen molar-refractivity contribution in [1.29, 1.82) is 0 Å². The zero-order valence-electron chi connectivity index (χ0n) is 9.92. The molecule has 0 saturated carbocycles. The van der Waals surface area contributed by atoms with E-state index in [0.29, 0.717) is 12.2 Å². The highest BCUT2D eigenvalue weighted by Crippen LogP contribution is 2.11. The van der Waals surface area contributed by atoms with Crippen molar-refractivity contribution in [2.45, 2.75) is 12.5 Å². The summed E-state index contributed by atoms with van der Waals surface area (Å²) in [6.45, 7) is 0. The Morgan fingerprint density at radius 3 is 2.72 bits per heavy atom. The van der Waals surface area contributed by atoms with Crippen LogP contribution in [0, 0.1) is 0 Å². The Hall–Kier alpha value is -1.69. The van der Waals surface area contributed by atoms with Crippen LogP contribution in [-0.2, 0) is 4.79 Å². The summed E-state index contributed by atoms with van der Waals surface area (Å²) in [5.41, 5.74) is 0.241. The van der Waals surface area contributed by atoms with Crippen LogP contribution in [0.4, 0.5) is 0 Å². The van der Waals surface area contributed by atoms with E-state index in [-0.39, 0.29) is 11.3 Å². The van der Waals surface area contributed by atoms with Crippen molar-refractivity contribution in [2.24, 2.45) is 0 Å². The van der Waals surface area contributed by atoms with Gasteiger partial charge in [0.15, 0.2) is 0 Å². The van der Waals surface area contributed by atoms with E-state index in [4.69, 9.17) is 5.11 Å². The largest absolute Gasteiger partial charge is 0.508 e. The minimum atomic E-state index is -1.06. The molecule has 0 aliphatic rings. The number of hydrogen-bond acceptors (Lipinski definition) is 4. The number of carbonyl (C=O) groups excluding carboxylic acids is 1. The van der Waals surface area contributed by atoms with Gasteiger partial charge in [-0.25, -0.2) is 4.79 Å². The molecule has 98 valence electrons. The van der Waals surface area contributed by atoms with E-state index in [0.717, 1.165) is 0 Å². The molecule has 1 rings (SSSR count). The van der Waals surface area contributed by atoms with Gasteiger partial charge in [0, 0.05) is 5.56 Å². The molecule has 0 spiro atoms. The van der Waals surface area contributed by atoms with Crippen LogP contribution in [-0.4, -0.2) is 40.1 Å². The lowest BCUT2D eigenvalue weighted by Crippen LogP contribution is -2.41. The summed E-state index contributed by atoms with van der Waals surface area (Å²) in [6, 6.07) is 4.87. The number of phenols is 1. The Balaban J connectivity index is 2.69. The molecule has 1 aromatic rings. The SMILES string of the molecule is CSCC[C@@H](NC(=O)c1cccc(O)c1)C(=O)O. The van der Waals surface area contributed by atoms with Crippen molar-refractivity contribution in [2.75, 3.05) is 12.0 Å². The molecule has 1 amide bonds.